The Balaban J connectivity index is 2.47. The lowest BCUT2D eigenvalue weighted by Crippen LogP contribution is -2.04. The van der Waals surface area contributed by atoms with Gasteiger partial charge in [0.15, 0.2) is 11.6 Å². The second-order valence-corrected chi connectivity index (χ2v) is 4.39. The Morgan fingerprint density at radius 1 is 1.42 bits per heavy atom. The van der Waals surface area contributed by atoms with Crippen LogP contribution in [0.3, 0.4) is 0 Å². The van der Waals surface area contributed by atoms with Gasteiger partial charge in [0.25, 0.3) is 0 Å². The number of benzene rings is 1. The highest BCUT2D eigenvalue weighted by atomic mass is 19.1. The largest absolute Gasteiger partial charge is 0.494 e. The van der Waals surface area contributed by atoms with Crippen molar-refractivity contribution in [2.75, 3.05) is 12.8 Å². The molecule has 0 aliphatic heterocycles. The van der Waals surface area contributed by atoms with Crippen LogP contribution in [-0.2, 0) is 6.54 Å². The lowest BCUT2D eigenvalue weighted by molar-refractivity contribution is 0.386. The van der Waals surface area contributed by atoms with Crippen molar-refractivity contribution in [2.24, 2.45) is 0 Å². The molecule has 2 N–H and O–H groups in total. The minimum atomic E-state index is -0.415. The van der Waals surface area contributed by atoms with Crippen LogP contribution < -0.4 is 10.5 Å². The predicted molar refractivity (Wildman–Crippen MR) is 73.6 cm³/mol. The summed E-state index contributed by atoms with van der Waals surface area (Å²) in [6.07, 6.45) is 0.970. The summed E-state index contributed by atoms with van der Waals surface area (Å²) in [6, 6.07) is 4.74. The summed E-state index contributed by atoms with van der Waals surface area (Å²) in [4.78, 5) is 4.43. The first kappa shape index (κ1) is 13.4. The van der Waals surface area contributed by atoms with E-state index < -0.39 is 5.82 Å². The van der Waals surface area contributed by atoms with E-state index in [4.69, 9.17) is 10.5 Å². The summed E-state index contributed by atoms with van der Waals surface area (Å²) in [5.41, 5.74) is 7.37. The Hall–Kier alpha value is -2.04. The lowest BCUT2D eigenvalue weighted by Gasteiger charge is -2.06. The summed E-state index contributed by atoms with van der Waals surface area (Å²) in [5, 5.41) is 0. The number of ether oxygens (including phenoxy) is 1. The van der Waals surface area contributed by atoms with Crippen LogP contribution in [0.1, 0.15) is 19.2 Å². The van der Waals surface area contributed by atoms with Crippen molar-refractivity contribution in [2.45, 2.75) is 26.8 Å². The molecule has 0 fully saturated rings. The molecule has 0 atom stereocenters. The van der Waals surface area contributed by atoms with Gasteiger partial charge in [0, 0.05) is 12.1 Å². The van der Waals surface area contributed by atoms with Gasteiger partial charge < -0.3 is 15.0 Å². The van der Waals surface area contributed by atoms with Gasteiger partial charge in [-0.15, -0.1) is 0 Å². The minimum absolute atomic E-state index is 0.215. The van der Waals surface area contributed by atoms with Crippen LogP contribution in [0, 0.1) is 12.7 Å². The van der Waals surface area contributed by atoms with Gasteiger partial charge in [-0.3, -0.25) is 0 Å². The molecule has 2 rings (SSSR count). The third kappa shape index (κ3) is 2.41. The lowest BCUT2D eigenvalue weighted by atomic mass is 10.1. The van der Waals surface area contributed by atoms with E-state index in [0.717, 1.165) is 18.8 Å². The van der Waals surface area contributed by atoms with Crippen molar-refractivity contribution in [1.29, 1.82) is 0 Å². The molecule has 4 nitrogen and oxygen atoms in total. The Labute approximate surface area is 112 Å². The van der Waals surface area contributed by atoms with Crippen LogP contribution in [0.4, 0.5) is 10.2 Å². The summed E-state index contributed by atoms with van der Waals surface area (Å²) >= 11 is 0. The van der Waals surface area contributed by atoms with E-state index in [9.17, 15) is 4.39 Å². The van der Waals surface area contributed by atoms with E-state index >= 15 is 0 Å². The highest BCUT2D eigenvalue weighted by Crippen LogP contribution is 2.29. The van der Waals surface area contributed by atoms with Gasteiger partial charge in [-0.1, -0.05) is 6.92 Å². The van der Waals surface area contributed by atoms with Gasteiger partial charge in [-0.2, -0.15) is 0 Å². The number of nitrogen functional groups attached to an aromatic ring is 1. The third-order valence-corrected chi connectivity index (χ3v) is 3.07. The van der Waals surface area contributed by atoms with Crippen molar-refractivity contribution >= 4 is 5.82 Å². The molecule has 5 heteroatoms. The monoisotopic (exact) mass is 263 g/mol. The number of anilines is 1. The smallest absolute Gasteiger partial charge is 0.165 e. The first-order valence-electron chi connectivity index (χ1n) is 6.25. The molecule has 0 amide bonds. The van der Waals surface area contributed by atoms with E-state index in [-0.39, 0.29) is 5.75 Å². The molecule has 102 valence electrons. The second kappa shape index (κ2) is 5.30. The molecule has 0 saturated heterocycles. The molecule has 0 aliphatic carbocycles. The Morgan fingerprint density at radius 3 is 2.74 bits per heavy atom. The first-order valence-corrected chi connectivity index (χ1v) is 6.25. The minimum Gasteiger partial charge on any atom is -0.494 e. The quantitative estimate of drug-likeness (QED) is 0.922. The molecule has 0 saturated carbocycles. The van der Waals surface area contributed by atoms with Crippen LogP contribution in [-0.4, -0.2) is 16.7 Å². The molecule has 1 aromatic carbocycles. The van der Waals surface area contributed by atoms with Gasteiger partial charge in [0.05, 0.1) is 7.11 Å². The van der Waals surface area contributed by atoms with Gasteiger partial charge in [0.2, 0.25) is 0 Å². The first-order chi connectivity index (χ1) is 9.08. The molecule has 1 aromatic heterocycles. The summed E-state index contributed by atoms with van der Waals surface area (Å²) < 4.78 is 20.6. The van der Waals surface area contributed by atoms with E-state index in [0.29, 0.717) is 17.1 Å². The average molecular weight is 263 g/mol. The predicted octanol–water partition coefficient (Wildman–Crippen LogP) is 3.00. The summed E-state index contributed by atoms with van der Waals surface area (Å²) in [6.45, 7) is 4.78. The standard InChI is InChI=1S/C14H18FN3O/c1-4-7-18-9(2)17-13(14(18)16)10-5-6-12(19-3)11(15)8-10/h5-6,8H,4,7,16H2,1-3H3. The van der Waals surface area contributed by atoms with Crippen LogP contribution in [0.2, 0.25) is 0 Å². The molecule has 19 heavy (non-hydrogen) atoms. The number of rotatable bonds is 4. The molecular formula is C14H18FN3O. The fourth-order valence-corrected chi connectivity index (χ4v) is 2.11. The van der Waals surface area contributed by atoms with Crippen LogP contribution in [0.5, 0.6) is 5.75 Å². The van der Waals surface area contributed by atoms with Gasteiger partial charge in [0.1, 0.15) is 17.3 Å². The maximum absolute atomic E-state index is 13.7. The number of nitrogens with two attached hydrogens (primary N) is 1. The van der Waals surface area contributed by atoms with Crippen LogP contribution in [0.25, 0.3) is 11.3 Å². The molecule has 0 aliphatic rings. The maximum atomic E-state index is 13.7. The Kier molecular flexibility index (Phi) is 3.74. The molecule has 0 radical (unpaired) electrons. The fraction of sp³-hybridized carbons (Fsp3) is 0.357. The number of hydrogen-bond donors (Lipinski definition) is 1. The van der Waals surface area contributed by atoms with Crippen molar-refractivity contribution in [3.63, 3.8) is 0 Å². The number of halogens is 1. The van der Waals surface area contributed by atoms with E-state index in [1.54, 1.807) is 12.1 Å². The normalized spacial score (nSPS) is 10.7. The highest BCUT2D eigenvalue weighted by molar-refractivity contribution is 5.71. The number of aryl methyl sites for hydroxylation is 1. The van der Waals surface area contributed by atoms with Crippen LogP contribution >= 0.6 is 0 Å². The summed E-state index contributed by atoms with van der Waals surface area (Å²) in [5.74, 6) is 1.21. The number of methoxy groups -OCH3 is 1. The van der Waals surface area contributed by atoms with Crippen molar-refractivity contribution in [1.82, 2.24) is 9.55 Å². The number of imidazole rings is 1. The molecule has 1 heterocycles. The molecule has 2 aromatic rings. The number of aromatic nitrogens is 2. The zero-order valence-corrected chi connectivity index (χ0v) is 11.4. The maximum Gasteiger partial charge on any atom is 0.165 e. The number of hydrogen-bond acceptors (Lipinski definition) is 3. The van der Waals surface area contributed by atoms with E-state index in [1.165, 1.54) is 13.2 Å². The molecule has 0 spiro atoms. The van der Waals surface area contributed by atoms with Crippen molar-refractivity contribution in [3.05, 3.63) is 29.8 Å². The third-order valence-electron chi connectivity index (χ3n) is 3.07. The molecule has 0 unspecified atom stereocenters. The van der Waals surface area contributed by atoms with E-state index in [2.05, 4.69) is 11.9 Å². The van der Waals surface area contributed by atoms with Gasteiger partial charge >= 0.3 is 0 Å². The summed E-state index contributed by atoms with van der Waals surface area (Å²) in [7, 11) is 1.44. The topological polar surface area (TPSA) is 53.1 Å². The zero-order chi connectivity index (χ0) is 14.0. The van der Waals surface area contributed by atoms with Crippen molar-refractivity contribution in [3.8, 4) is 17.0 Å². The fourth-order valence-electron chi connectivity index (χ4n) is 2.11. The second-order valence-electron chi connectivity index (χ2n) is 4.39. The highest BCUT2D eigenvalue weighted by Gasteiger charge is 2.14. The van der Waals surface area contributed by atoms with Gasteiger partial charge in [-0.25, -0.2) is 9.37 Å². The van der Waals surface area contributed by atoms with Gasteiger partial charge in [-0.05, 0) is 31.5 Å². The SMILES string of the molecule is CCCn1c(C)nc(-c2ccc(OC)c(F)c2)c1N. The van der Waals surface area contributed by atoms with E-state index in [1.807, 2.05) is 11.5 Å². The Morgan fingerprint density at radius 2 is 2.16 bits per heavy atom. The zero-order valence-electron chi connectivity index (χ0n) is 11.4. The average Bonchev–Trinajstić information content (AvgIpc) is 2.67. The Bertz CT molecular complexity index is 593. The van der Waals surface area contributed by atoms with Crippen LogP contribution in [0.15, 0.2) is 18.2 Å². The molecule has 0 bridgehead atoms. The van der Waals surface area contributed by atoms with Crippen molar-refractivity contribution < 1.29 is 9.13 Å². The number of nitrogens with zero attached hydrogens (tertiary/aromatic N) is 2. The molecular weight excluding hydrogens is 245 g/mol.